The van der Waals surface area contributed by atoms with E-state index in [1.807, 2.05) is 30.3 Å². The molecule has 0 aliphatic carbocycles. The molecule has 0 aliphatic heterocycles. The van der Waals surface area contributed by atoms with Crippen LogP contribution >= 0.6 is 0 Å². The minimum atomic E-state index is -1.05. The summed E-state index contributed by atoms with van der Waals surface area (Å²) in [6.45, 7) is 1.91. The van der Waals surface area contributed by atoms with Crippen molar-refractivity contribution in [3.63, 3.8) is 0 Å². The summed E-state index contributed by atoms with van der Waals surface area (Å²) in [5.41, 5.74) is 11.3. The van der Waals surface area contributed by atoms with Crippen LogP contribution in [0.2, 0.25) is 0 Å². The van der Waals surface area contributed by atoms with Crippen molar-refractivity contribution >= 4 is 23.9 Å². The third kappa shape index (κ3) is 13.1. The van der Waals surface area contributed by atoms with E-state index in [0.717, 1.165) is 5.56 Å². The number of aliphatic carboxylic acids is 3. The molecule has 0 heterocycles. The number of carboxylic acid groups (broad SMARTS) is 3. The molecule has 1 unspecified atom stereocenters. The van der Waals surface area contributed by atoms with Gasteiger partial charge in [0.15, 0.2) is 5.96 Å². The van der Waals surface area contributed by atoms with Crippen LogP contribution in [0.3, 0.4) is 0 Å². The lowest BCUT2D eigenvalue weighted by atomic mass is 10.0. The highest BCUT2D eigenvalue weighted by molar-refractivity contribution is 5.77. The largest absolute Gasteiger partial charge is 0.480 e. The Bertz CT molecular complexity index is 685. The van der Waals surface area contributed by atoms with Crippen LogP contribution < -0.4 is 22.1 Å². The van der Waals surface area contributed by atoms with Gasteiger partial charge in [0.05, 0.1) is 0 Å². The monoisotopic (exact) mass is 425 g/mol. The highest BCUT2D eigenvalue weighted by Crippen LogP contribution is 2.06. The summed E-state index contributed by atoms with van der Waals surface area (Å²) in [7, 11) is 0. The average molecular weight is 425 g/mol. The van der Waals surface area contributed by atoms with Crippen LogP contribution in [0, 0.1) is 5.41 Å². The van der Waals surface area contributed by atoms with Gasteiger partial charge in [-0.15, -0.1) is 0 Å². The van der Waals surface area contributed by atoms with E-state index in [0.29, 0.717) is 32.2 Å². The Morgan fingerprint density at radius 3 is 2.10 bits per heavy atom. The third-order valence-electron chi connectivity index (χ3n) is 4.01. The van der Waals surface area contributed by atoms with E-state index in [-0.39, 0.29) is 5.96 Å². The number of hydrogen-bond donors (Lipinski definition) is 8. The maximum Gasteiger partial charge on any atom is 0.320 e. The van der Waals surface area contributed by atoms with Gasteiger partial charge in [0.1, 0.15) is 18.1 Å². The highest BCUT2D eigenvalue weighted by atomic mass is 16.4. The quantitative estimate of drug-likeness (QED) is 0.125. The van der Waals surface area contributed by atoms with Crippen molar-refractivity contribution in [1.29, 1.82) is 5.41 Å². The molecule has 0 saturated carbocycles. The topological polar surface area (TPSA) is 212 Å². The maximum atomic E-state index is 11.0. The van der Waals surface area contributed by atoms with Crippen LogP contribution in [0.1, 0.15) is 31.7 Å². The van der Waals surface area contributed by atoms with Gasteiger partial charge in [-0.25, -0.2) is 0 Å². The number of nitrogens with two attached hydrogens (primary N) is 2. The lowest BCUT2D eigenvalue weighted by molar-refractivity contribution is -0.142. The van der Waals surface area contributed by atoms with Crippen LogP contribution in [0.4, 0.5) is 0 Å². The highest BCUT2D eigenvalue weighted by Gasteiger charge is 2.22. The SMILES string of the molecule is C[C@@H](N[C@@H](CCc1ccccc1)C(=O)O)C(=O)O.N=C(N)NCCCC(N)C(=O)O. The summed E-state index contributed by atoms with van der Waals surface area (Å²) in [5, 5.41) is 38.1. The number of benzene rings is 1. The van der Waals surface area contributed by atoms with Gasteiger partial charge in [-0.05, 0) is 38.2 Å². The second kappa shape index (κ2) is 14.8. The molecule has 10 N–H and O–H groups in total. The zero-order chi connectivity index (χ0) is 23.1. The molecule has 30 heavy (non-hydrogen) atoms. The fourth-order valence-electron chi connectivity index (χ4n) is 2.28. The second-order valence-electron chi connectivity index (χ2n) is 6.57. The summed E-state index contributed by atoms with van der Waals surface area (Å²) in [6, 6.07) is 6.95. The summed E-state index contributed by atoms with van der Waals surface area (Å²) < 4.78 is 0. The van der Waals surface area contributed by atoms with Crippen molar-refractivity contribution in [2.45, 2.75) is 50.7 Å². The van der Waals surface area contributed by atoms with Crippen molar-refractivity contribution in [3.05, 3.63) is 35.9 Å². The predicted molar refractivity (Wildman–Crippen MR) is 111 cm³/mol. The lowest BCUT2D eigenvalue weighted by Crippen LogP contribution is -2.45. The number of aryl methyl sites for hydroxylation is 1. The molecule has 11 nitrogen and oxygen atoms in total. The zero-order valence-corrected chi connectivity index (χ0v) is 16.9. The van der Waals surface area contributed by atoms with Crippen LogP contribution in [0.15, 0.2) is 30.3 Å². The molecule has 0 bridgehead atoms. The number of carbonyl (C=O) groups is 3. The molecule has 0 spiro atoms. The van der Waals surface area contributed by atoms with Crippen molar-refractivity contribution in [1.82, 2.24) is 10.6 Å². The first kappa shape index (κ1) is 26.8. The van der Waals surface area contributed by atoms with Gasteiger partial charge < -0.3 is 32.1 Å². The summed E-state index contributed by atoms with van der Waals surface area (Å²) in [4.78, 5) is 31.9. The standard InChI is InChI=1S/C13H17NO4.C6H14N4O2/c1-9(12(15)16)14-11(13(17)18)8-7-10-5-3-2-4-6-10;7-4(5(11)12)2-1-3-10-6(8)9/h2-6,9,11,14H,7-8H2,1H3,(H,15,16)(H,17,18);4H,1-3,7H2,(H,11,12)(H4,8,9,10)/t9-,11+;/m1./s1. The van der Waals surface area contributed by atoms with Gasteiger partial charge in [0.25, 0.3) is 0 Å². The molecule has 0 amide bonds. The van der Waals surface area contributed by atoms with Gasteiger partial charge in [0, 0.05) is 6.54 Å². The lowest BCUT2D eigenvalue weighted by Gasteiger charge is -2.17. The smallest absolute Gasteiger partial charge is 0.320 e. The fourth-order valence-corrected chi connectivity index (χ4v) is 2.28. The predicted octanol–water partition coefficient (Wildman–Crippen LogP) is -0.203. The van der Waals surface area contributed by atoms with Crippen LogP contribution in [-0.4, -0.2) is 63.9 Å². The summed E-state index contributed by atoms with van der Waals surface area (Å²) in [5.74, 6) is -3.20. The number of hydrogen-bond acceptors (Lipinski definition) is 6. The van der Waals surface area contributed by atoms with Crippen molar-refractivity contribution in [2.24, 2.45) is 11.5 Å². The van der Waals surface area contributed by atoms with E-state index in [4.69, 9.17) is 32.2 Å². The van der Waals surface area contributed by atoms with Gasteiger partial charge in [-0.2, -0.15) is 0 Å². The Labute approximate surface area is 175 Å². The van der Waals surface area contributed by atoms with E-state index in [9.17, 15) is 14.4 Å². The Kier molecular flexibility index (Phi) is 13.2. The number of carboxylic acids is 3. The fraction of sp³-hybridized carbons (Fsp3) is 0.474. The zero-order valence-electron chi connectivity index (χ0n) is 16.9. The Morgan fingerprint density at radius 1 is 1.03 bits per heavy atom. The molecule has 1 rings (SSSR count). The molecular weight excluding hydrogens is 394 g/mol. The Morgan fingerprint density at radius 2 is 1.63 bits per heavy atom. The molecule has 1 aromatic rings. The molecule has 0 aliphatic rings. The van der Waals surface area contributed by atoms with Crippen molar-refractivity contribution in [2.75, 3.05) is 6.54 Å². The third-order valence-corrected chi connectivity index (χ3v) is 4.01. The Hall–Kier alpha value is -3.18. The van der Waals surface area contributed by atoms with E-state index in [2.05, 4.69) is 10.6 Å². The van der Waals surface area contributed by atoms with Gasteiger partial charge in [0.2, 0.25) is 0 Å². The second-order valence-corrected chi connectivity index (χ2v) is 6.57. The molecule has 0 aromatic heterocycles. The molecule has 0 saturated heterocycles. The number of nitrogens with one attached hydrogen (secondary N) is 3. The van der Waals surface area contributed by atoms with Gasteiger partial charge in [-0.1, -0.05) is 30.3 Å². The van der Waals surface area contributed by atoms with Gasteiger partial charge >= 0.3 is 17.9 Å². The maximum absolute atomic E-state index is 11.0. The van der Waals surface area contributed by atoms with E-state index >= 15 is 0 Å². The van der Waals surface area contributed by atoms with Crippen LogP contribution in [-0.2, 0) is 20.8 Å². The molecule has 1 aromatic carbocycles. The van der Waals surface area contributed by atoms with Crippen molar-refractivity contribution < 1.29 is 29.7 Å². The number of rotatable bonds is 12. The van der Waals surface area contributed by atoms with Crippen LogP contribution in [0.25, 0.3) is 0 Å². The average Bonchev–Trinajstić information content (AvgIpc) is 2.68. The first-order valence-corrected chi connectivity index (χ1v) is 9.36. The summed E-state index contributed by atoms with van der Waals surface area (Å²) >= 11 is 0. The molecule has 3 atom stereocenters. The molecule has 168 valence electrons. The molecule has 11 heteroatoms. The van der Waals surface area contributed by atoms with Crippen LogP contribution in [0.5, 0.6) is 0 Å². The molecular formula is C19H31N5O6. The van der Waals surface area contributed by atoms with E-state index in [1.54, 1.807) is 0 Å². The van der Waals surface area contributed by atoms with Gasteiger partial charge in [-0.3, -0.25) is 25.1 Å². The van der Waals surface area contributed by atoms with Crippen molar-refractivity contribution in [3.8, 4) is 0 Å². The molecule has 0 fully saturated rings. The van der Waals surface area contributed by atoms with E-state index in [1.165, 1.54) is 6.92 Å². The first-order chi connectivity index (χ1) is 14.0. The first-order valence-electron chi connectivity index (χ1n) is 9.36. The minimum absolute atomic E-state index is 0.112. The Balaban J connectivity index is 0.000000612. The normalized spacial score (nSPS) is 13.1. The molecule has 0 radical (unpaired) electrons. The van der Waals surface area contributed by atoms with E-state index < -0.39 is 36.0 Å². The minimum Gasteiger partial charge on any atom is -0.480 e. The number of guanidine groups is 1. The summed E-state index contributed by atoms with van der Waals surface area (Å²) in [6.07, 6.45) is 1.93.